The third-order valence-electron chi connectivity index (χ3n) is 6.29. The van der Waals surface area contributed by atoms with Crippen molar-refractivity contribution in [3.63, 3.8) is 0 Å². The normalized spacial score (nSPS) is 25.5. The molecule has 1 saturated carbocycles. The Kier molecular flexibility index (Phi) is 4.44. The van der Waals surface area contributed by atoms with Gasteiger partial charge in [0, 0.05) is 42.0 Å². The first kappa shape index (κ1) is 18.6. The van der Waals surface area contributed by atoms with Crippen LogP contribution in [0.3, 0.4) is 0 Å². The molecule has 2 aliphatic heterocycles. The Morgan fingerprint density at radius 2 is 1.90 bits per heavy atom. The molecule has 0 radical (unpaired) electrons. The lowest BCUT2D eigenvalue weighted by atomic mass is 9.89. The molecule has 2 fully saturated rings. The number of benzene rings is 2. The highest BCUT2D eigenvalue weighted by atomic mass is 16.5. The van der Waals surface area contributed by atoms with Crippen LogP contribution in [0.15, 0.2) is 36.4 Å². The molecule has 0 bridgehead atoms. The smallest absolute Gasteiger partial charge is 0.254 e. The molecule has 2 aromatic carbocycles. The molecule has 30 heavy (non-hydrogen) atoms. The van der Waals surface area contributed by atoms with Gasteiger partial charge in [-0.1, -0.05) is 12.1 Å². The van der Waals surface area contributed by atoms with Gasteiger partial charge in [0.1, 0.15) is 5.75 Å². The number of carbonyl (C=O) groups is 2. The Bertz CT molecular complexity index is 1080. The minimum atomic E-state index is -0.302. The summed E-state index contributed by atoms with van der Waals surface area (Å²) in [4.78, 5) is 25.5. The molecule has 3 atom stereocenters. The molecule has 1 saturated heterocycles. The summed E-state index contributed by atoms with van der Waals surface area (Å²) in [7, 11) is 1.55. The summed E-state index contributed by atoms with van der Waals surface area (Å²) in [6.07, 6.45) is 0. The van der Waals surface area contributed by atoms with E-state index in [1.54, 1.807) is 19.2 Å². The minimum Gasteiger partial charge on any atom is -0.491 e. The summed E-state index contributed by atoms with van der Waals surface area (Å²) in [5.74, 6) is 0.633. The maximum atomic E-state index is 13.0. The number of hydrogen-bond acceptors (Lipinski definition) is 5. The molecular weight excluding hydrogens is 382 g/mol. The molecule has 7 heteroatoms. The number of carbonyl (C=O) groups excluding carboxylic acids is 2. The first-order chi connectivity index (χ1) is 14.6. The van der Waals surface area contributed by atoms with Crippen molar-refractivity contribution in [1.29, 1.82) is 5.26 Å². The van der Waals surface area contributed by atoms with Gasteiger partial charge in [0.15, 0.2) is 0 Å². The molecule has 152 valence electrons. The van der Waals surface area contributed by atoms with E-state index >= 15 is 0 Å². The van der Waals surface area contributed by atoms with Crippen LogP contribution < -0.4 is 15.4 Å². The van der Waals surface area contributed by atoms with Crippen LogP contribution in [0.1, 0.15) is 43.3 Å². The van der Waals surface area contributed by atoms with E-state index in [2.05, 4.69) is 16.7 Å². The number of hydrogen-bond donors (Lipinski definition) is 2. The Morgan fingerprint density at radius 3 is 2.63 bits per heavy atom. The Labute approximate surface area is 174 Å². The van der Waals surface area contributed by atoms with Gasteiger partial charge >= 0.3 is 0 Å². The number of nitrogens with one attached hydrogen (secondary N) is 2. The van der Waals surface area contributed by atoms with E-state index in [1.165, 1.54) is 0 Å². The molecule has 2 heterocycles. The van der Waals surface area contributed by atoms with Crippen LogP contribution in [0.4, 0.5) is 0 Å². The van der Waals surface area contributed by atoms with Gasteiger partial charge in [0.25, 0.3) is 11.8 Å². The summed E-state index contributed by atoms with van der Waals surface area (Å²) in [5.41, 5.74) is 3.05. The van der Waals surface area contributed by atoms with Gasteiger partial charge in [0.2, 0.25) is 0 Å². The number of nitrogens with zero attached hydrogens (tertiary/aromatic N) is 1. The lowest BCUT2D eigenvalue weighted by molar-refractivity contribution is 0.0929. The summed E-state index contributed by atoms with van der Waals surface area (Å²) < 4.78 is 11.3. The highest BCUT2D eigenvalue weighted by molar-refractivity contribution is 6.02. The molecule has 0 aromatic heterocycles. The predicted octanol–water partition coefficient (Wildman–Crippen LogP) is 1.82. The number of nitriles is 1. The first-order valence-corrected chi connectivity index (χ1v) is 10.0. The standard InChI is InChI=1S/C23H21N3O4/c1-25-23(28)16-7-14(22(27)26-20-18-9-29-10-19(18)20)6-15-17(11-30-21(15)16)13-4-2-3-12(5-13)8-24/h2-7,17-20H,9-11H2,1H3,(H,25,28)(H,26,27). The molecule has 3 aliphatic rings. The largest absolute Gasteiger partial charge is 0.491 e. The van der Waals surface area contributed by atoms with Gasteiger partial charge in [-0.3, -0.25) is 9.59 Å². The quantitative estimate of drug-likeness (QED) is 0.811. The van der Waals surface area contributed by atoms with E-state index in [0.717, 1.165) is 11.1 Å². The molecule has 5 rings (SSSR count). The third kappa shape index (κ3) is 3.01. The van der Waals surface area contributed by atoms with Crippen LogP contribution in [0.25, 0.3) is 0 Å². The van der Waals surface area contributed by atoms with E-state index in [1.807, 2.05) is 24.3 Å². The van der Waals surface area contributed by atoms with Gasteiger partial charge < -0.3 is 20.1 Å². The van der Waals surface area contributed by atoms with Crippen molar-refractivity contribution in [2.75, 3.05) is 26.9 Å². The highest BCUT2D eigenvalue weighted by Gasteiger charge is 2.54. The van der Waals surface area contributed by atoms with Crippen LogP contribution in [0.5, 0.6) is 5.75 Å². The maximum Gasteiger partial charge on any atom is 0.254 e. The fourth-order valence-corrected chi connectivity index (χ4v) is 4.55. The van der Waals surface area contributed by atoms with Crippen LogP contribution in [0, 0.1) is 23.2 Å². The van der Waals surface area contributed by atoms with Crippen LogP contribution in [-0.2, 0) is 4.74 Å². The molecule has 2 aromatic rings. The second kappa shape index (κ2) is 7.15. The zero-order valence-electron chi connectivity index (χ0n) is 16.5. The summed E-state index contributed by atoms with van der Waals surface area (Å²) in [5, 5.41) is 14.9. The number of rotatable bonds is 4. The van der Waals surface area contributed by atoms with Crippen LogP contribution >= 0.6 is 0 Å². The topological polar surface area (TPSA) is 100 Å². The lowest BCUT2D eigenvalue weighted by Crippen LogP contribution is -2.30. The monoisotopic (exact) mass is 403 g/mol. The van der Waals surface area contributed by atoms with Gasteiger partial charge in [-0.25, -0.2) is 0 Å². The molecule has 1 aliphatic carbocycles. The van der Waals surface area contributed by atoms with Crippen LogP contribution in [-0.4, -0.2) is 44.7 Å². The Hall–Kier alpha value is -3.37. The van der Waals surface area contributed by atoms with Gasteiger partial charge in [0.05, 0.1) is 37.0 Å². The fraction of sp³-hybridized carbons (Fsp3) is 0.348. The summed E-state index contributed by atoms with van der Waals surface area (Å²) >= 11 is 0. The fourth-order valence-electron chi connectivity index (χ4n) is 4.55. The Morgan fingerprint density at radius 1 is 1.10 bits per heavy atom. The maximum absolute atomic E-state index is 13.0. The summed E-state index contributed by atoms with van der Waals surface area (Å²) in [6.45, 7) is 1.73. The predicted molar refractivity (Wildman–Crippen MR) is 107 cm³/mol. The van der Waals surface area contributed by atoms with Crippen molar-refractivity contribution in [3.8, 4) is 11.8 Å². The molecular formula is C23H21N3O4. The van der Waals surface area contributed by atoms with Crippen LogP contribution in [0.2, 0.25) is 0 Å². The van der Waals surface area contributed by atoms with E-state index in [4.69, 9.17) is 9.47 Å². The molecule has 2 amide bonds. The number of ether oxygens (including phenoxy) is 2. The average Bonchev–Trinajstić information content (AvgIpc) is 3.15. The van der Waals surface area contributed by atoms with Crippen molar-refractivity contribution < 1.29 is 19.1 Å². The second-order valence-corrected chi connectivity index (χ2v) is 7.99. The summed E-state index contributed by atoms with van der Waals surface area (Å²) in [6, 6.07) is 13.0. The van der Waals surface area contributed by atoms with Gasteiger partial charge in [-0.05, 0) is 29.8 Å². The number of amides is 2. The van der Waals surface area contributed by atoms with Crippen molar-refractivity contribution in [2.24, 2.45) is 11.8 Å². The van der Waals surface area contributed by atoms with E-state index < -0.39 is 0 Å². The zero-order valence-corrected chi connectivity index (χ0v) is 16.5. The lowest BCUT2D eigenvalue weighted by Gasteiger charge is -2.14. The SMILES string of the molecule is CNC(=O)c1cc(C(=O)NC2C3COCC32)cc2c1OCC2c1cccc(C#N)c1. The number of fused-ring (bicyclic) bond motifs is 2. The Balaban J connectivity index is 1.51. The molecule has 7 nitrogen and oxygen atoms in total. The van der Waals surface area contributed by atoms with Gasteiger partial charge in [-0.2, -0.15) is 5.26 Å². The van der Waals surface area contributed by atoms with Crippen molar-refractivity contribution in [2.45, 2.75) is 12.0 Å². The molecule has 0 spiro atoms. The molecule has 3 unspecified atom stereocenters. The van der Waals surface area contributed by atoms with Crippen molar-refractivity contribution in [1.82, 2.24) is 10.6 Å². The van der Waals surface area contributed by atoms with Gasteiger partial charge in [-0.15, -0.1) is 0 Å². The highest BCUT2D eigenvalue weighted by Crippen LogP contribution is 2.45. The first-order valence-electron chi connectivity index (χ1n) is 10.0. The van der Waals surface area contributed by atoms with E-state index in [0.29, 0.717) is 54.1 Å². The van der Waals surface area contributed by atoms with Crippen molar-refractivity contribution >= 4 is 11.8 Å². The third-order valence-corrected chi connectivity index (χ3v) is 6.29. The zero-order chi connectivity index (χ0) is 20.8. The minimum absolute atomic E-state index is 0.141. The van der Waals surface area contributed by atoms with E-state index in [-0.39, 0.29) is 23.8 Å². The molecule has 2 N–H and O–H groups in total. The average molecular weight is 403 g/mol. The van der Waals surface area contributed by atoms with Crippen molar-refractivity contribution in [3.05, 3.63) is 64.2 Å². The second-order valence-electron chi connectivity index (χ2n) is 7.99. The van der Waals surface area contributed by atoms with E-state index in [9.17, 15) is 14.9 Å².